The number of ether oxygens (including phenoxy) is 1. The highest BCUT2D eigenvalue weighted by Crippen LogP contribution is 2.28. The molecule has 32 heavy (non-hydrogen) atoms. The predicted octanol–water partition coefficient (Wildman–Crippen LogP) is 4.07. The number of halogens is 2. The fourth-order valence-electron chi connectivity index (χ4n) is 3.80. The molecule has 0 bridgehead atoms. The monoisotopic (exact) mass is 472 g/mol. The van der Waals surface area contributed by atoms with Crippen LogP contribution in [0.5, 0.6) is 0 Å². The maximum Gasteiger partial charge on any atom is 0.225 e. The van der Waals surface area contributed by atoms with Gasteiger partial charge in [0.2, 0.25) is 5.95 Å². The lowest BCUT2D eigenvalue weighted by molar-refractivity contribution is -0.00896. The van der Waals surface area contributed by atoms with E-state index in [2.05, 4.69) is 19.8 Å². The summed E-state index contributed by atoms with van der Waals surface area (Å²) in [5, 5.41) is 12.0. The van der Waals surface area contributed by atoms with Gasteiger partial charge in [0.1, 0.15) is 6.10 Å². The molecule has 168 valence electrons. The zero-order chi connectivity index (χ0) is 22.3. The van der Waals surface area contributed by atoms with Crippen molar-refractivity contribution in [2.45, 2.75) is 12.2 Å². The highest BCUT2D eigenvalue weighted by molar-refractivity contribution is 6.30. The van der Waals surface area contributed by atoms with Crippen molar-refractivity contribution in [3.05, 3.63) is 88.2 Å². The van der Waals surface area contributed by atoms with Crippen molar-refractivity contribution in [3.63, 3.8) is 0 Å². The number of aromatic nitrogens is 2. The molecule has 2 aromatic carbocycles. The molecule has 0 spiro atoms. The molecule has 2 heterocycles. The molecule has 3 aromatic rings. The Balaban J connectivity index is 1.33. The summed E-state index contributed by atoms with van der Waals surface area (Å²) in [5.74, 6) is 0.754. The molecule has 1 unspecified atom stereocenters. The molecule has 1 aliphatic rings. The van der Waals surface area contributed by atoms with Crippen molar-refractivity contribution in [2.75, 3.05) is 44.2 Å². The molecule has 8 heteroatoms. The number of piperazine rings is 1. The average molecular weight is 473 g/mol. The SMILES string of the molecule is OC(COC(c1ccc(Cl)cc1)c1ccc(Cl)cc1)CN1CCN(c2ncccn2)CC1. The molecule has 1 aliphatic heterocycles. The second-order valence-corrected chi connectivity index (χ2v) is 8.68. The van der Waals surface area contributed by atoms with Crippen LogP contribution in [0.2, 0.25) is 10.0 Å². The smallest absolute Gasteiger partial charge is 0.225 e. The van der Waals surface area contributed by atoms with Gasteiger partial charge in [-0.25, -0.2) is 9.97 Å². The molecule has 0 amide bonds. The van der Waals surface area contributed by atoms with E-state index in [1.165, 1.54) is 0 Å². The van der Waals surface area contributed by atoms with Crippen LogP contribution in [0, 0.1) is 0 Å². The van der Waals surface area contributed by atoms with Gasteiger partial charge >= 0.3 is 0 Å². The Hall–Kier alpha value is -2.22. The van der Waals surface area contributed by atoms with Crippen LogP contribution in [0.4, 0.5) is 5.95 Å². The summed E-state index contributed by atoms with van der Waals surface area (Å²) >= 11 is 12.1. The topological polar surface area (TPSA) is 61.7 Å². The standard InChI is InChI=1S/C24H26Cl2N4O2/c25-20-6-2-18(3-7-20)23(19-4-8-21(26)9-5-19)32-17-22(31)16-29-12-14-30(15-13-29)24-27-10-1-11-28-24/h1-11,22-23,31H,12-17H2. The first-order valence-corrected chi connectivity index (χ1v) is 11.4. The molecular weight excluding hydrogens is 447 g/mol. The number of rotatable bonds is 8. The van der Waals surface area contributed by atoms with Crippen LogP contribution in [0.15, 0.2) is 67.0 Å². The van der Waals surface area contributed by atoms with Crippen LogP contribution < -0.4 is 4.90 Å². The third kappa shape index (κ3) is 6.18. The number of aliphatic hydroxyl groups is 1. The largest absolute Gasteiger partial charge is 0.389 e. The Morgan fingerprint density at radius 3 is 1.91 bits per heavy atom. The number of aliphatic hydroxyl groups excluding tert-OH is 1. The van der Waals surface area contributed by atoms with Gasteiger partial charge in [0.15, 0.2) is 0 Å². The van der Waals surface area contributed by atoms with Crippen molar-refractivity contribution < 1.29 is 9.84 Å². The van der Waals surface area contributed by atoms with Gasteiger partial charge in [0.25, 0.3) is 0 Å². The van der Waals surface area contributed by atoms with Crippen LogP contribution in [-0.2, 0) is 4.74 Å². The fraction of sp³-hybridized carbons (Fsp3) is 0.333. The zero-order valence-corrected chi connectivity index (χ0v) is 19.2. The van der Waals surface area contributed by atoms with Crippen molar-refractivity contribution in [3.8, 4) is 0 Å². The highest BCUT2D eigenvalue weighted by atomic mass is 35.5. The van der Waals surface area contributed by atoms with E-state index < -0.39 is 6.10 Å². The summed E-state index contributed by atoms with van der Waals surface area (Å²) in [6.45, 7) is 4.11. The summed E-state index contributed by atoms with van der Waals surface area (Å²) in [6.07, 6.45) is 2.60. The van der Waals surface area contributed by atoms with Gasteiger partial charge in [-0.15, -0.1) is 0 Å². The minimum absolute atomic E-state index is 0.220. The van der Waals surface area contributed by atoms with Crippen molar-refractivity contribution >= 4 is 29.2 Å². The maximum atomic E-state index is 10.7. The van der Waals surface area contributed by atoms with Gasteiger partial charge in [-0.05, 0) is 41.5 Å². The van der Waals surface area contributed by atoms with Crippen LogP contribution in [0.25, 0.3) is 0 Å². The van der Waals surface area contributed by atoms with E-state index in [-0.39, 0.29) is 12.7 Å². The van der Waals surface area contributed by atoms with E-state index in [0.717, 1.165) is 43.3 Å². The van der Waals surface area contributed by atoms with Gasteiger partial charge in [-0.1, -0.05) is 47.5 Å². The van der Waals surface area contributed by atoms with Crippen LogP contribution in [-0.4, -0.2) is 65.4 Å². The second-order valence-electron chi connectivity index (χ2n) is 7.81. The second kappa shape index (κ2) is 11.1. The summed E-state index contributed by atoms with van der Waals surface area (Å²) in [5.41, 5.74) is 1.95. The number of hydrogen-bond donors (Lipinski definition) is 1. The van der Waals surface area contributed by atoms with Gasteiger partial charge in [0.05, 0.1) is 12.7 Å². The predicted molar refractivity (Wildman–Crippen MR) is 127 cm³/mol. The first-order chi connectivity index (χ1) is 15.6. The normalized spacial score (nSPS) is 15.8. The van der Waals surface area contributed by atoms with Crippen molar-refractivity contribution in [1.29, 1.82) is 0 Å². The van der Waals surface area contributed by atoms with E-state index in [1.807, 2.05) is 54.6 Å². The summed E-state index contributed by atoms with van der Waals surface area (Å²) in [7, 11) is 0. The third-order valence-electron chi connectivity index (χ3n) is 5.48. The van der Waals surface area contributed by atoms with Crippen LogP contribution >= 0.6 is 23.2 Å². The van der Waals surface area contributed by atoms with E-state index in [4.69, 9.17) is 27.9 Å². The van der Waals surface area contributed by atoms with E-state index in [1.54, 1.807) is 12.4 Å². The van der Waals surface area contributed by atoms with E-state index in [0.29, 0.717) is 16.6 Å². The van der Waals surface area contributed by atoms with E-state index in [9.17, 15) is 5.11 Å². The molecule has 1 atom stereocenters. The molecule has 0 radical (unpaired) electrons. The minimum atomic E-state index is -0.600. The summed E-state index contributed by atoms with van der Waals surface area (Å²) in [4.78, 5) is 13.0. The molecule has 4 rings (SSSR count). The van der Waals surface area contributed by atoms with Gasteiger partial charge in [0, 0.05) is 55.2 Å². The zero-order valence-electron chi connectivity index (χ0n) is 17.6. The Bertz CT molecular complexity index is 920. The Kier molecular flexibility index (Phi) is 7.95. The van der Waals surface area contributed by atoms with E-state index >= 15 is 0 Å². The number of benzene rings is 2. The number of nitrogens with zero attached hydrogens (tertiary/aromatic N) is 4. The Morgan fingerprint density at radius 2 is 1.38 bits per heavy atom. The maximum absolute atomic E-state index is 10.7. The lowest BCUT2D eigenvalue weighted by Gasteiger charge is -2.35. The molecular formula is C24H26Cl2N4O2. The highest BCUT2D eigenvalue weighted by Gasteiger charge is 2.22. The third-order valence-corrected chi connectivity index (χ3v) is 5.98. The number of β-amino-alcohol motifs (C(OH)–C–C–N with tert-alkyl or cyclic N) is 1. The van der Waals surface area contributed by atoms with Gasteiger partial charge in [-0.3, -0.25) is 4.90 Å². The quantitative estimate of drug-likeness (QED) is 0.532. The van der Waals surface area contributed by atoms with Crippen LogP contribution in [0.3, 0.4) is 0 Å². The molecule has 0 saturated carbocycles. The first kappa shape index (κ1) is 23.0. The lowest BCUT2D eigenvalue weighted by atomic mass is 10.0. The van der Waals surface area contributed by atoms with Gasteiger partial charge < -0.3 is 14.7 Å². The summed E-state index contributed by atoms with van der Waals surface area (Å²) < 4.78 is 6.19. The van der Waals surface area contributed by atoms with Crippen molar-refractivity contribution in [2.24, 2.45) is 0 Å². The molecule has 1 saturated heterocycles. The number of hydrogen-bond acceptors (Lipinski definition) is 6. The molecule has 0 aliphatic carbocycles. The average Bonchev–Trinajstić information content (AvgIpc) is 2.82. The molecule has 6 nitrogen and oxygen atoms in total. The molecule has 1 fully saturated rings. The van der Waals surface area contributed by atoms with Crippen LogP contribution in [0.1, 0.15) is 17.2 Å². The Morgan fingerprint density at radius 1 is 0.844 bits per heavy atom. The van der Waals surface area contributed by atoms with Gasteiger partial charge in [-0.2, -0.15) is 0 Å². The first-order valence-electron chi connectivity index (χ1n) is 10.6. The molecule has 1 N–H and O–H groups in total. The summed E-state index contributed by atoms with van der Waals surface area (Å²) in [6, 6.07) is 17.0. The molecule has 1 aromatic heterocycles. The number of anilines is 1. The Labute approximate surface area is 198 Å². The lowest BCUT2D eigenvalue weighted by Crippen LogP contribution is -2.49. The fourth-order valence-corrected chi connectivity index (χ4v) is 4.06. The minimum Gasteiger partial charge on any atom is -0.389 e. The van der Waals surface area contributed by atoms with Crippen molar-refractivity contribution in [1.82, 2.24) is 14.9 Å².